The number of aromatic amines is 1. The van der Waals surface area contributed by atoms with E-state index in [1.54, 1.807) is 20.8 Å². The van der Waals surface area contributed by atoms with Crippen molar-refractivity contribution in [3.63, 3.8) is 0 Å². The van der Waals surface area contributed by atoms with Crippen molar-refractivity contribution in [3.05, 3.63) is 30.2 Å². The highest BCUT2D eigenvalue weighted by Gasteiger charge is 2.33. The average Bonchev–Trinajstić information content (AvgIpc) is 2.86. The number of nitrogens with zero attached hydrogens (tertiary/aromatic N) is 2. The first-order chi connectivity index (χ1) is 10.5. The number of H-pyrrole nitrogens is 1. The molecule has 0 aliphatic heterocycles. The number of halogens is 3. The molecule has 2 heterocycles. The smallest absolute Gasteiger partial charge is 0.432 e. The summed E-state index contributed by atoms with van der Waals surface area (Å²) in [5, 5.41) is 2.42. The van der Waals surface area contributed by atoms with Gasteiger partial charge in [0, 0.05) is 11.8 Å². The van der Waals surface area contributed by atoms with Crippen LogP contribution in [0.3, 0.4) is 0 Å². The predicted octanol–water partition coefficient (Wildman–Crippen LogP) is 3.84. The molecule has 0 bridgehead atoms. The first-order valence-electron chi connectivity index (χ1n) is 6.63. The molecule has 0 aliphatic carbocycles. The molecule has 0 aromatic carbocycles. The van der Waals surface area contributed by atoms with E-state index in [-0.39, 0.29) is 11.6 Å². The highest BCUT2D eigenvalue weighted by atomic mass is 19.4. The Balaban J connectivity index is 2.08. The highest BCUT2D eigenvalue weighted by molar-refractivity contribution is 5.83. The minimum Gasteiger partial charge on any atom is -0.444 e. The van der Waals surface area contributed by atoms with E-state index in [2.05, 4.69) is 20.3 Å². The molecule has 2 N–H and O–H groups in total. The predicted molar refractivity (Wildman–Crippen MR) is 76.7 cm³/mol. The Kier molecular flexibility index (Phi) is 4.31. The molecule has 0 fully saturated rings. The summed E-state index contributed by atoms with van der Waals surface area (Å²) in [6, 6.07) is 2.92. The summed E-state index contributed by atoms with van der Waals surface area (Å²) < 4.78 is 42.6. The van der Waals surface area contributed by atoms with Gasteiger partial charge in [-0.1, -0.05) is 0 Å². The quantitative estimate of drug-likeness (QED) is 0.878. The summed E-state index contributed by atoms with van der Waals surface area (Å²) in [4.78, 5) is 21.4. The number of carbonyl (C=O) groups is 1. The molecule has 124 valence electrons. The lowest BCUT2D eigenvalue weighted by molar-refractivity contribution is -0.140. The molecule has 0 radical (unpaired) electrons. The number of anilines is 1. The van der Waals surface area contributed by atoms with Crippen LogP contribution in [0, 0.1) is 0 Å². The Morgan fingerprint density at radius 3 is 2.35 bits per heavy atom. The lowest BCUT2D eigenvalue weighted by Crippen LogP contribution is -2.27. The number of carbonyl (C=O) groups excluding carboxylic acids is 1. The monoisotopic (exact) mass is 328 g/mol. The minimum atomic E-state index is -4.49. The van der Waals surface area contributed by atoms with E-state index in [9.17, 15) is 18.0 Å². The fraction of sp³-hybridized carbons (Fsp3) is 0.357. The van der Waals surface area contributed by atoms with Crippen LogP contribution < -0.4 is 5.32 Å². The molecule has 2 rings (SSSR count). The van der Waals surface area contributed by atoms with Gasteiger partial charge in [-0.25, -0.2) is 14.8 Å². The van der Waals surface area contributed by atoms with Crippen LogP contribution >= 0.6 is 0 Å². The maximum absolute atomic E-state index is 12.5. The Bertz CT molecular complexity index is 687. The molecule has 6 nitrogen and oxygen atoms in total. The first kappa shape index (κ1) is 16.8. The van der Waals surface area contributed by atoms with E-state index in [0.29, 0.717) is 11.8 Å². The van der Waals surface area contributed by atoms with Crippen molar-refractivity contribution in [2.24, 2.45) is 0 Å². The van der Waals surface area contributed by atoms with E-state index in [1.165, 1.54) is 18.3 Å². The van der Waals surface area contributed by atoms with Gasteiger partial charge in [0.2, 0.25) is 0 Å². The van der Waals surface area contributed by atoms with Crippen molar-refractivity contribution >= 4 is 11.9 Å². The van der Waals surface area contributed by atoms with Gasteiger partial charge >= 0.3 is 12.3 Å². The number of aromatic nitrogens is 3. The zero-order valence-electron chi connectivity index (χ0n) is 12.7. The number of alkyl halides is 3. The molecule has 2 aromatic heterocycles. The number of ether oxygens (including phenoxy) is 1. The first-order valence-corrected chi connectivity index (χ1v) is 6.63. The number of hydrogen-bond acceptors (Lipinski definition) is 4. The summed E-state index contributed by atoms with van der Waals surface area (Å²) in [5.41, 5.74) is -1.23. The standard InChI is InChI=1S/C14H15F3N4O2/c1-13(2,3)23-12(22)21-10-5-4-8(6-18-10)11-19-7-9(20-11)14(15,16)17/h4-7H,1-3H3,(H,19,20)(H,18,21,22). The average molecular weight is 328 g/mol. The van der Waals surface area contributed by atoms with E-state index in [1.807, 2.05) is 0 Å². The third-order valence-corrected chi connectivity index (χ3v) is 2.55. The molecule has 0 atom stereocenters. The summed E-state index contributed by atoms with van der Waals surface area (Å²) >= 11 is 0. The van der Waals surface area contributed by atoms with E-state index >= 15 is 0 Å². The Hall–Kier alpha value is -2.58. The van der Waals surface area contributed by atoms with Crippen molar-refractivity contribution < 1.29 is 22.7 Å². The van der Waals surface area contributed by atoms with Gasteiger partial charge in [-0.15, -0.1) is 0 Å². The number of amides is 1. The van der Waals surface area contributed by atoms with Crippen molar-refractivity contribution in [3.8, 4) is 11.4 Å². The van der Waals surface area contributed by atoms with Crippen LogP contribution in [0.2, 0.25) is 0 Å². The lowest BCUT2D eigenvalue weighted by Gasteiger charge is -2.19. The molecule has 0 saturated heterocycles. The Labute approximate surface area is 130 Å². The third kappa shape index (κ3) is 4.70. The number of pyridine rings is 1. The zero-order valence-corrected chi connectivity index (χ0v) is 12.7. The number of imidazole rings is 1. The van der Waals surface area contributed by atoms with Crippen LogP contribution in [0.1, 0.15) is 26.5 Å². The summed E-state index contributed by atoms with van der Waals surface area (Å²) in [6.07, 6.45) is -3.15. The van der Waals surface area contributed by atoms with Crippen LogP contribution in [0.5, 0.6) is 0 Å². The largest absolute Gasteiger partial charge is 0.444 e. The second-order valence-corrected chi connectivity index (χ2v) is 5.70. The molecular weight excluding hydrogens is 313 g/mol. The lowest BCUT2D eigenvalue weighted by atomic mass is 10.2. The van der Waals surface area contributed by atoms with Gasteiger partial charge in [0.05, 0.1) is 6.20 Å². The molecule has 0 saturated carbocycles. The fourth-order valence-corrected chi connectivity index (χ4v) is 1.63. The van der Waals surface area contributed by atoms with Crippen molar-refractivity contribution in [1.29, 1.82) is 0 Å². The van der Waals surface area contributed by atoms with Gasteiger partial charge in [-0.05, 0) is 32.9 Å². The third-order valence-electron chi connectivity index (χ3n) is 2.55. The highest BCUT2D eigenvalue weighted by Crippen LogP contribution is 2.29. The van der Waals surface area contributed by atoms with Crippen LogP contribution in [-0.4, -0.2) is 26.6 Å². The topological polar surface area (TPSA) is 79.9 Å². The Morgan fingerprint density at radius 2 is 1.87 bits per heavy atom. The molecule has 0 unspecified atom stereocenters. The van der Waals surface area contributed by atoms with Crippen LogP contribution in [0.15, 0.2) is 24.5 Å². The number of nitrogens with one attached hydrogen (secondary N) is 2. The fourth-order valence-electron chi connectivity index (χ4n) is 1.63. The molecule has 9 heteroatoms. The normalized spacial score (nSPS) is 12.1. The maximum atomic E-state index is 12.5. The van der Waals surface area contributed by atoms with Crippen molar-refractivity contribution in [1.82, 2.24) is 15.0 Å². The van der Waals surface area contributed by atoms with Gasteiger partial charge in [-0.3, -0.25) is 5.32 Å². The molecule has 0 aliphatic rings. The van der Waals surface area contributed by atoms with Crippen LogP contribution in [0.4, 0.5) is 23.8 Å². The van der Waals surface area contributed by atoms with Gasteiger partial charge in [0.15, 0.2) is 0 Å². The molecule has 0 spiro atoms. The maximum Gasteiger partial charge on any atom is 0.432 e. The number of hydrogen-bond donors (Lipinski definition) is 2. The zero-order chi connectivity index (χ0) is 17.3. The summed E-state index contributed by atoms with van der Waals surface area (Å²) in [7, 11) is 0. The summed E-state index contributed by atoms with van der Waals surface area (Å²) in [5.74, 6) is 0.249. The van der Waals surface area contributed by atoms with Gasteiger partial charge in [-0.2, -0.15) is 13.2 Å². The van der Waals surface area contributed by atoms with Crippen LogP contribution in [0.25, 0.3) is 11.4 Å². The second-order valence-electron chi connectivity index (χ2n) is 5.70. The Morgan fingerprint density at radius 1 is 1.17 bits per heavy atom. The summed E-state index contributed by atoms with van der Waals surface area (Å²) in [6.45, 7) is 5.16. The molecule has 23 heavy (non-hydrogen) atoms. The van der Waals surface area contributed by atoms with Crippen molar-refractivity contribution in [2.45, 2.75) is 32.5 Å². The molecule has 1 amide bonds. The van der Waals surface area contributed by atoms with Crippen molar-refractivity contribution in [2.75, 3.05) is 5.32 Å². The van der Waals surface area contributed by atoms with E-state index in [4.69, 9.17) is 4.74 Å². The SMILES string of the molecule is CC(C)(C)OC(=O)Nc1ccc(-c2ncc(C(F)(F)F)[nH]2)cn1. The molecular formula is C14H15F3N4O2. The van der Waals surface area contributed by atoms with Gasteiger partial charge in [0.25, 0.3) is 0 Å². The number of rotatable bonds is 2. The minimum absolute atomic E-state index is 0.0358. The second kappa shape index (κ2) is 5.90. The molecule has 2 aromatic rings. The van der Waals surface area contributed by atoms with E-state index < -0.39 is 23.6 Å². The van der Waals surface area contributed by atoms with E-state index in [0.717, 1.165) is 0 Å². The van der Waals surface area contributed by atoms with Crippen LogP contribution in [-0.2, 0) is 10.9 Å². The van der Waals surface area contributed by atoms with Gasteiger partial charge < -0.3 is 9.72 Å². The van der Waals surface area contributed by atoms with Gasteiger partial charge in [0.1, 0.15) is 22.9 Å².